The van der Waals surface area contributed by atoms with E-state index in [2.05, 4.69) is 5.32 Å². The number of halogens is 1. The number of hydrogen-bond donors (Lipinski definition) is 1. The largest absolute Gasteiger partial charge is 0.494 e. The fraction of sp³-hybridized carbons (Fsp3) is 0.429. The quantitative estimate of drug-likeness (QED) is 0.829. The third kappa shape index (κ3) is 3.05. The number of methoxy groups -OCH3 is 2. The van der Waals surface area contributed by atoms with Gasteiger partial charge < -0.3 is 14.8 Å². The summed E-state index contributed by atoms with van der Waals surface area (Å²) in [7, 11) is 3.03. The van der Waals surface area contributed by atoms with Crippen molar-refractivity contribution < 1.29 is 19.1 Å². The zero-order valence-corrected chi connectivity index (χ0v) is 12.6. The summed E-state index contributed by atoms with van der Waals surface area (Å²) in [5.74, 6) is 0.396. The fourth-order valence-corrected chi connectivity index (χ4v) is 2.55. The van der Waals surface area contributed by atoms with Gasteiger partial charge in [0.05, 0.1) is 20.3 Å². The van der Waals surface area contributed by atoms with Crippen molar-refractivity contribution in [3.05, 3.63) is 18.2 Å². The van der Waals surface area contributed by atoms with Gasteiger partial charge in [-0.1, -0.05) is 6.07 Å². The molecule has 1 aliphatic heterocycles. The van der Waals surface area contributed by atoms with Crippen molar-refractivity contribution in [1.82, 2.24) is 5.32 Å². The van der Waals surface area contributed by atoms with E-state index in [1.165, 1.54) is 19.1 Å². The van der Waals surface area contributed by atoms with Gasteiger partial charge in [-0.2, -0.15) is 0 Å². The van der Waals surface area contributed by atoms with Crippen molar-refractivity contribution in [2.24, 2.45) is 0 Å². The predicted molar refractivity (Wildman–Crippen MR) is 79.2 cm³/mol. The summed E-state index contributed by atoms with van der Waals surface area (Å²) in [6.45, 7) is 0.378. The molecule has 0 spiro atoms. The van der Waals surface area contributed by atoms with E-state index in [1.807, 2.05) is 0 Å². The predicted octanol–water partition coefficient (Wildman–Crippen LogP) is 1.16. The third-order valence-corrected chi connectivity index (χ3v) is 3.58. The van der Waals surface area contributed by atoms with E-state index in [0.29, 0.717) is 23.7 Å². The summed E-state index contributed by atoms with van der Waals surface area (Å²) >= 11 is 5.72. The first-order chi connectivity index (χ1) is 10.1. The van der Waals surface area contributed by atoms with Gasteiger partial charge in [0.2, 0.25) is 11.8 Å². The van der Waals surface area contributed by atoms with Crippen LogP contribution >= 0.6 is 11.6 Å². The minimum absolute atomic E-state index is 0.0961. The van der Waals surface area contributed by atoms with Gasteiger partial charge in [-0.05, 0) is 12.1 Å². The smallest absolute Gasteiger partial charge is 0.242 e. The number of amides is 2. The van der Waals surface area contributed by atoms with Gasteiger partial charge in [-0.3, -0.25) is 14.5 Å². The lowest BCUT2D eigenvalue weighted by molar-refractivity contribution is -0.119. The Morgan fingerprint density at radius 2 is 2.00 bits per heavy atom. The van der Waals surface area contributed by atoms with Gasteiger partial charge in [0.15, 0.2) is 0 Å². The molecule has 1 aliphatic rings. The van der Waals surface area contributed by atoms with Crippen LogP contribution in [0.1, 0.15) is 6.42 Å². The summed E-state index contributed by atoms with van der Waals surface area (Å²) < 4.78 is 10.7. The number of carbonyl (C=O) groups is 2. The first-order valence-corrected chi connectivity index (χ1v) is 7.01. The molecule has 0 bridgehead atoms. The number of nitrogens with one attached hydrogen (secondary N) is 1. The second kappa shape index (κ2) is 6.67. The molecule has 0 saturated carbocycles. The van der Waals surface area contributed by atoms with Crippen LogP contribution in [0.3, 0.4) is 0 Å². The van der Waals surface area contributed by atoms with Gasteiger partial charge in [-0.25, -0.2) is 0 Å². The maximum absolute atomic E-state index is 12.3. The molecule has 1 aromatic carbocycles. The topological polar surface area (TPSA) is 67.9 Å². The molecule has 1 heterocycles. The number of alkyl halides is 1. The molecule has 7 heteroatoms. The molecule has 1 atom stereocenters. The Hall–Kier alpha value is -1.95. The zero-order valence-electron chi connectivity index (χ0n) is 11.9. The summed E-state index contributed by atoms with van der Waals surface area (Å²) in [4.78, 5) is 25.2. The summed E-state index contributed by atoms with van der Waals surface area (Å²) in [5.41, 5.74) is 0.495. The second-order valence-corrected chi connectivity index (χ2v) is 4.84. The number of para-hydroxylation sites is 1. The van der Waals surface area contributed by atoms with E-state index in [9.17, 15) is 9.59 Å². The number of hydrogen-bond acceptors (Lipinski definition) is 4. The molecule has 0 aromatic heterocycles. The van der Waals surface area contributed by atoms with Crippen LogP contribution in [0.4, 0.5) is 5.69 Å². The van der Waals surface area contributed by atoms with E-state index in [-0.39, 0.29) is 30.2 Å². The Kier molecular flexibility index (Phi) is 4.90. The highest BCUT2D eigenvalue weighted by atomic mass is 35.5. The molecule has 2 amide bonds. The van der Waals surface area contributed by atoms with E-state index >= 15 is 0 Å². The molecule has 21 heavy (non-hydrogen) atoms. The Bertz CT molecular complexity index is 528. The van der Waals surface area contributed by atoms with E-state index < -0.39 is 0 Å². The molecule has 1 unspecified atom stereocenters. The molecule has 1 saturated heterocycles. The van der Waals surface area contributed by atoms with Crippen LogP contribution in [0.25, 0.3) is 0 Å². The molecule has 114 valence electrons. The summed E-state index contributed by atoms with van der Waals surface area (Å²) in [5, 5.41) is 2.72. The minimum Gasteiger partial charge on any atom is -0.494 e. The van der Waals surface area contributed by atoms with Crippen LogP contribution in [-0.4, -0.2) is 44.5 Å². The average molecular weight is 313 g/mol. The highest BCUT2D eigenvalue weighted by molar-refractivity contribution is 6.29. The normalized spacial score (nSPS) is 17.3. The SMILES string of the molecule is COc1cccc(OC)c1N(C(=O)CCl)C1CNC(=O)C1. The van der Waals surface area contributed by atoms with Crippen molar-refractivity contribution in [3.63, 3.8) is 0 Å². The maximum Gasteiger partial charge on any atom is 0.242 e. The molecule has 0 radical (unpaired) electrons. The van der Waals surface area contributed by atoms with Crippen LogP contribution in [0.2, 0.25) is 0 Å². The molecule has 2 rings (SSSR count). The van der Waals surface area contributed by atoms with Crippen LogP contribution < -0.4 is 19.7 Å². The van der Waals surface area contributed by atoms with Crippen molar-refractivity contribution in [1.29, 1.82) is 0 Å². The summed E-state index contributed by atoms with van der Waals surface area (Å²) in [6.07, 6.45) is 0.226. The lowest BCUT2D eigenvalue weighted by Crippen LogP contribution is -2.43. The number of nitrogens with zero attached hydrogens (tertiary/aromatic N) is 1. The van der Waals surface area contributed by atoms with Crippen molar-refractivity contribution in [2.75, 3.05) is 31.5 Å². The number of benzene rings is 1. The third-order valence-electron chi connectivity index (χ3n) is 3.35. The number of ether oxygens (including phenoxy) is 2. The first-order valence-electron chi connectivity index (χ1n) is 6.48. The zero-order chi connectivity index (χ0) is 15.4. The molecule has 0 aliphatic carbocycles. The standard InChI is InChI=1S/C14H17ClN2O4/c1-20-10-4-3-5-11(21-2)14(10)17(13(19)7-15)9-6-12(18)16-8-9/h3-5,9H,6-8H2,1-2H3,(H,16,18). The van der Waals surface area contributed by atoms with E-state index in [0.717, 1.165) is 0 Å². The molecular weight excluding hydrogens is 296 g/mol. The highest BCUT2D eigenvalue weighted by Gasteiger charge is 2.34. The van der Waals surface area contributed by atoms with E-state index in [1.54, 1.807) is 18.2 Å². The summed E-state index contributed by atoms with van der Waals surface area (Å²) in [6, 6.07) is 4.92. The number of rotatable bonds is 5. The van der Waals surface area contributed by atoms with Gasteiger partial charge in [0.25, 0.3) is 0 Å². The van der Waals surface area contributed by atoms with E-state index in [4.69, 9.17) is 21.1 Å². The molecule has 1 fully saturated rings. The molecule has 1 N–H and O–H groups in total. The van der Waals surface area contributed by atoms with Gasteiger partial charge in [-0.15, -0.1) is 11.6 Å². The Labute approximate surface area is 128 Å². The lowest BCUT2D eigenvalue weighted by atomic mass is 10.1. The second-order valence-electron chi connectivity index (χ2n) is 4.57. The van der Waals surface area contributed by atoms with Crippen LogP contribution in [-0.2, 0) is 9.59 Å². The number of carbonyl (C=O) groups excluding carboxylic acids is 2. The van der Waals surface area contributed by atoms with Crippen molar-refractivity contribution >= 4 is 29.1 Å². The van der Waals surface area contributed by atoms with Gasteiger partial charge in [0.1, 0.15) is 23.1 Å². The van der Waals surface area contributed by atoms with Gasteiger partial charge in [0, 0.05) is 13.0 Å². The fourth-order valence-electron chi connectivity index (χ4n) is 2.42. The Balaban J connectivity index is 2.50. The monoisotopic (exact) mass is 312 g/mol. The molecule has 6 nitrogen and oxygen atoms in total. The van der Waals surface area contributed by atoms with Gasteiger partial charge >= 0.3 is 0 Å². The highest BCUT2D eigenvalue weighted by Crippen LogP contribution is 2.39. The Morgan fingerprint density at radius 1 is 1.38 bits per heavy atom. The average Bonchev–Trinajstić information content (AvgIpc) is 2.93. The maximum atomic E-state index is 12.3. The van der Waals surface area contributed by atoms with Crippen LogP contribution in [0, 0.1) is 0 Å². The molecule has 1 aromatic rings. The minimum atomic E-state index is -0.311. The lowest BCUT2D eigenvalue weighted by Gasteiger charge is -2.30. The first kappa shape index (κ1) is 15.4. The van der Waals surface area contributed by atoms with Crippen molar-refractivity contribution in [3.8, 4) is 11.5 Å². The van der Waals surface area contributed by atoms with Crippen LogP contribution in [0.15, 0.2) is 18.2 Å². The van der Waals surface area contributed by atoms with Crippen molar-refractivity contribution in [2.45, 2.75) is 12.5 Å². The Morgan fingerprint density at radius 3 is 2.43 bits per heavy atom. The molecular formula is C14H17ClN2O4. The number of anilines is 1. The van der Waals surface area contributed by atoms with Crippen LogP contribution in [0.5, 0.6) is 11.5 Å².